The molecule has 1 N–H and O–H groups in total. The Bertz CT molecular complexity index is 173. The minimum Gasteiger partial charge on any atom is -0.374 e. The first-order valence-corrected chi connectivity index (χ1v) is 6.11. The van der Waals surface area contributed by atoms with E-state index in [1.807, 2.05) is 0 Å². The third-order valence-electron chi connectivity index (χ3n) is 3.02. The van der Waals surface area contributed by atoms with E-state index >= 15 is 0 Å². The van der Waals surface area contributed by atoms with Crippen molar-refractivity contribution in [1.29, 1.82) is 0 Å². The molecule has 0 spiro atoms. The molecule has 0 aromatic carbocycles. The van der Waals surface area contributed by atoms with E-state index in [9.17, 15) is 0 Å². The summed E-state index contributed by atoms with van der Waals surface area (Å²) >= 11 is 0. The maximum absolute atomic E-state index is 5.76. The summed E-state index contributed by atoms with van der Waals surface area (Å²) in [6.45, 7) is 6.58. The Morgan fingerprint density at radius 2 is 2.13 bits per heavy atom. The molecule has 1 aliphatic heterocycles. The van der Waals surface area contributed by atoms with Gasteiger partial charge in [-0.25, -0.2) is 0 Å². The standard InChI is InChI=1S/C12H26N2O/c1-10(7-8-14(3)4)13-9-12-6-5-11(2)15-12/h10-13H,5-9H2,1-4H3. The van der Waals surface area contributed by atoms with Crippen molar-refractivity contribution in [3.63, 3.8) is 0 Å². The van der Waals surface area contributed by atoms with Gasteiger partial charge in [0.1, 0.15) is 0 Å². The van der Waals surface area contributed by atoms with Crippen LogP contribution in [-0.4, -0.2) is 50.3 Å². The van der Waals surface area contributed by atoms with E-state index in [1.165, 1.54) is 19.3 Å². The Balaban J connectivity index is 2.03. The molecule has 0 aromatic heterocycles. The number of nitrogens with one attached hydrogen (secondary N) is 1. The molecule has 1 fully saturated rings. The zero-order valence-corrected chi connectivity index (χ0v) is 10.6. The van der Waals surface area contributed by atoms with Crippen LogP contribution in [0.3, 0.4) is 0 Å². The molecule has 0 radical (unpaired) electrons. The third-order valence-corrected chi connectivity index (χ3v) is 3.02. The van der Waals surface area contributed by atoms with E-state index in [0.29, 0.717) is 18.2 Å². The zero-order valence-electron chi connectivity index (χ0n) is 10.6. The molecule has 3 atom stereocenters. The summed E-state index contributed by atoms with van der Waals surface area (Å²) in [7, 11) is 4.24. The molecule has 3 nitrogen and oxygen atoms in total. The minimum absolute atomic E-state index is 0.446. The Morgan fingerprint density at radius 1 is 1.40 bits per heavy atom. The summed E-state index contributed by atoms with van der Waals surface area (Å²) in [5.74, 6) is 0. The Labute approximate surface area is 94.2 Å². The molecule has 0 aromatic rings. The van der Waals surface area contributed by atoms with Gasteiger partial charge in [0.25, 0.3) is 0 Å². The Morgan fingerprint density at radius 3 is 2.67 bits per heavy atom. The number of hydrogen-bond acceptors (Lipinski definition) is 3. The summed E-state index contributed by atoms with van der Waals surface area (Å²) in [6.07, 6.45) is 4.55. The van der Waals surface area contributed by atoms with Crippen molar-refractivity contribution in [2.24, 2.45) is 0 Å². The zero-order chi connectivity index (χ0) is 11.3. The van der Waals surface area contributed by atoms with Crippen molar-refractivity contribution in [1.82, 2.24) is 10.2 Å². The molecule has 1 aliphatic rings. The Kier molecular flexibility index (Phi) is 5.58. The molecule has 1 saturated heterocycles. The molecule has 3 unspecified atom stereocenters. The van der Waals surface area contributed by atoms with E-state index in [4.69, 9.17) is 4.74 Å². The third kappa shape index (κ3) is 5.50. The summed E-state index contributed by atoms with van der Waals surface area (Å²) < 4.78 is 5.76. The first kappa shape index (κ1) is 12.9. The summed E-state index contributed by atoms with van der Waals surface area (Å²) in [4.78, 5) is 2.23. The summed E-state index contributed by atoms with van der Waals surface area (Å²) in [5, 5.41) is 3.55. The van der Waals surface area contributed by atoms with Gasteiger partial charge in [-0.05, 0) is 53.8 Å². The van der Waals surface area contributed by atoms with Gasteiger partial charge in [0.05, 0.1) is 12.2 Å². The van der Waals surface area contributed by atoms with Crippen molar-refractivity contribution < 1.29 is 4.74 Å². The molecular weight excluding hydrogens is 188 g/mol. The van der Waals surface area contributed by atoms with Crippen molar-refractivity contribution in [3.8, 4) is 0 Å². The molecule has 0 aliphatic carbocycles. The minimum atomic E-state index is 0.446. The van der Waals surface area contributed by atoms with E-state index in [2.05, 4.69) is 38.2 Å². The molecule has 0 amide bonds. The maximum Gasteiger partial charge on any atom is 0.0704 e. The SMILES string of the molecule is CC(CCN(C)C)NCC1CCC(C)O1. The number of nitrogens with zero attached hydrogens (tertiary/aromatic N) is 1. The van der Waals surface area contributed by atoms with Gasteiger partial charge in [0.15, 0.2) is 0 Å². The van der Waals surface area contributed by atoms with Crippen molar-refractivity contribution in [2.75, 3.05) is 27.2 Å². The lowest BCUT2D eigenvalue weighted by molar-refractivity contribution is 0.0544. The van der Waals surface area contributed by atoms with Gasteiger partial charge in [0.2, 0.25) is 0 Å². The molecule has 1 heterocycles. The van der Waals surface area contributed by atoms with Crippen LogP contribution in [0.1, 0.15) is 33.1 Å². The molecule has 3 heteroatoms. The molecule has 0 bridgehead atoms. The summed E-state index contributed by atoms with van der Waals surface area (Å²) in [5.41, 5.74) is 0. The van der Waals surface area contributed by atoms with Crippen molar-refractivity contribution in [2.45, 2.75) is 51.4 Å². The number of ether oxygens (including phenoxy) is 1. The largest absolute Gasteiger partial charge is 0.374 e. The van der Waals surface area contributed by atoms with Crippen LogP contribution in [0.5, 0.6) is 0 Å². The highest BCUT2D eigenvalue weighted by atomic mass is 16.5. The normalized spacial score (nSPS) is 28.6. The average molecular weight is 214 g/mol. The second kappa shape index (κ2) is 6.46. The molecular formula is C12H26N2O. The van der Waals surface area contributed by atoms with Crippen LogP contribution in [-0.2, 0) is 4.74 Å². The second-order valence-electron chi connectivity index (χ2n) is 5.05. The lowest BCUT2D eigenvalue weighted by atomic mass is 10.2. The smallest absolute Gasteiger partial charge is 0.0704 e. The highest BCUT2D eigenvalue weighted by Gasteiger charge is 2.21. The van der Waals surface area contributed by atoms with Crippen molar-refractivity contribution in [3.05, 3.63) is 0 Å². The molecule has 0 saturated carbocycles. The van der Waals surface area contributed by atoms with Crippen LogP contribution in [0, 0.1) is 0 Å². The van der Waals surface area contributed by atoms with Crippen LogP contribution in [0.4, 0.5) is 0 Å². The van der Waals surface area contributed by atoms with E-state index < -0.39 is 0 Å². The van der Waals surface area contributed by atoms with Crippen LogP contribution in [0.2, 0.25) is 0 Å². The fourth-order valence-corrected chi connectivity index (χ4v) is 1.92. The molecule has 90 valence electrons. The van der Waals surface area contributed by atoms with Gasteiger partial charge in [-0.3, -0.25) is 0 Å². The molecule has 1 rings (SSSR count). The lowest BCUT2D eigenvalue weighted by Crippen LogP contribution is -2.35. The monoisotopic (exact) mass is 214 g/mol. The first-order valence-electron chi connectivity index (χ1n) is 6.11. The fraction of sp³-hybridized carbons (Fsp3) is 1.00. The van der Waals surface area contributed by atoms with Crippen LogP contribution < -0.4 is 5.32 Å². The predicted molar refractivity (Wildman–Crippen MR) is 64.2 cm³/mol. The summed E-state index contributed by atoms with van der Waals surface area (Å²) in [6, 6.07) is 0.590. The van der Waals surface area contributed by atoms with Gasteiger partial charge in [-0.15, -0.1) is 0 Å². The second-order valence-corrected chi connectivity index (χ2v) is 5.05. The quantitative estimate of drug-likeness (QED) is 0.725. The fourth-order valence-electron chi connectivity index (χ4n) is 1.92. The Hall–Kier alpha value is -0.120. The highest BCUT2D eigenvalue weighted by Crippen LogP contribution is 2.18. The van der Waals surface area contributed by atoms with Crippen LogP contribution in [0.25, 0.3) is 0 Å². The van der Waals surface area contributed by atoms with Gasteiger partial charge in [-0.2, -0.15) is 0 Å². The number of hydrogen-bond donors (Lipinski definition) is 1. The van der Waals surface area contributed by atoms with Gasteiger partial charge < -0.3 is 15.0 Å². The van der Waals surface area contributed by atoms with E-state index in [-0.39, 0.29) is 0 Å². The number of rotatable bonds is 6. The van der Waals surface area contributed by atoms with Gasteiger partial charge in [0, 0.05) is 12.6 Å². The highest BCUT2D eigenvalue weighted by molar-refractivity contribution is 4.74. The lowest BCUT2D eigenvalue weighted by Gasteiger charge is -2.19. The van der Waals surface area contributed by atoms with Gasteiger partial charge in [-0.1, -0.05) is 0 Å². The first-order chi connectivity index (χ1) is 7.08. The van der Waals surface area contributed by atoms with E-state index in [1.54, 1.807) is 0 Å². The van der Waals surface area contributed by atoms with Gasteiger partial charge >= 0.3 is 0 Å². The predicted octanol–water partition coefficient (Wildman–Crippen LogP) is 1.48. The average Bonchev–Trinajstić information content (AvgIpc) is 2.58. The molecule has 15 heavy (non-hydrogen) atoms. The van der Waals surface area contributed by atoms with E-state index in [0.717, 1.165) is 13.1 Å². The van der Waals surface area contributed by atoms with Crippen LogP contribution in [0.15, 0.2) is 0 Å². The van der Waals surface area contributed by atoms with Crippen molar-refractivity contribution >= 4 is 0 Å². The topological polar surface area (TPSA) is 24.5 Å². The van der Waals surface area contributed by atoms with Crippen LogP contribution >= 0.6 is 0 Å². The maximum atomic E-state index is 5.76.